The summed E-state index contributed by atoms with van der Waals surface area (Å²) in [5.74, 6) is 0. The van der Waals surface area contributed by atoms with E-state index in [1.165, 1.54) is 67.8 Å². The number of thiophene rings is 2. The fourth-order valence-electron chi connectivity index (χ4n) is 8.37. The lowest BCUT2D eigenvalue weighted by Crippen LogP contribution is -1.90. The zero-order chi connectivity index (χ0) is 32.5. The first-order valence-corrected chi connectivity index (χ1v) is 18.5. The maximum atomic E-state index is 6.67. The Labute approximate surface area is 293 Å². The van der Waals surface area contributed by atoms with Crippen LogP contribution in [0, 0.1) is 0 Å². The molecule has 0 spiro atoms. The molecule has 0 saturated carbocycles. The fraction of sp³-hybridized carbons (Fsp3) is 0. The summed E-state index contributed by atoms with van der Waals surface area (Å²) in [6.45, 7) is 0. The van der Waals surface area contributed by atoms with E-state index >= 15 is 0 Å². The van der Waals surface area contributed by atoms with Crippen molar-refractivity contribution in [2.24, 2.45) is 0 Å². The van der Waals surface area contributed by atoms with Crippen molar-refractivity contribution in [2.75, 3.05) is 0 Å². The molecule has 0 unspecified atom stereocenters. The second-order valence-corrected chi connectivity index (χ2v) is 15.2. The Morgan fingerprint density at radius 1 is 0.360 bits per heavy atom. The van der Waals surface area contributed by atoms with E-state index in [4.69, 9.17) is 8.83 Å². The minimum Gasteiger partial charge on any atom is -0.452 e. The number of benzene rings is 8. The molecule has 232 valence electrons. The molecule has 4 aromatic heterocycles. The third-order valence-corrected chi connectivity index (χ3v) is 12.8. The minimum absolute atomic E-state index is 0.795. The Hall–Kier alpha value is -5.94. The summed E-state index contributed by atoms with van der Waals surface area (Å²) in [7, 11) is 0. The Kier molecular flexibility index (Phi) is 5.29. The first kappa shape index (κ1) is 26.9. The average Bonchev–Trinajstić information content (AvgIpc) is 3.94. The number of hydrogen-bond donors (Lipinski definition) is 0. The van der Waals surface area contributed by atoms with E-state index in [1.54, 1.807) is 0 Å². The van der Waals surface area contributed by atoms with Crippen LogP contribution < -0.4 is 0 Å². The van der Waals surface area contributed by atoms with Gasteiger partial charge < -0.3 is 8.83 Å². The van der Waals surface area contributed by atoms with Crippen molar-refractivity contribution in [2.45, 2.75) is 0 Å². The molecule has 0 aliphatic rings. The van der Waals surface area contributed by atoms with Gasteiger partial charge in [0, 0.05) is 62.2 Å². The number of rotatable bonds is 2. The summed E-state index contributed by atoms with van der Waals surface area (Å²) in [5, 5.41) is 13.3. The van der Waals surface area contributed by atoms with Crippen molar-refractivity contribution in [3.8, 4) is 21.6 Å². The molecule has 12 aromatic rings. The van der Waals surface area contributed by atoms with Crippen molar-refractivity contribution in [3.05, 3.63) is 146 Å². The molecule has 0 amide bonds. The highest BCUT2D eigenvalue weighted by Gasteiger charge is 2.25. The Morgan fingerprint density at radius 2 is 0.920 bits per heavy atom. The van der Waals surface area contributed by atoms with Crippen LogP contribution in [0.4, 0.5) is 0 Å². The van der Waals surface area contributed by atoms with Crippen LogP contribution in [0.1, 0.15) is 0 Å². The summed E-state index contributed by atoms with van der Waals surface area (Å²) in [6, 6.07) is 52.7. The van der Waals surface area contributed by atoms with Crippen LogP contribution in [0.25, 0.3) is 117 Å². The van der Waals surface area contributed by atoms with E-state index in [9.17, 15) is 0 Å². The van der Waals surface area contributed by atoms with Crippen molar-refractivity contribution in [1.82, 2.24) is 0 Å². The molecule has 2 nitrogen and oxygen atoms in total. The molecule has 0 saturated heterocycles. The second-order valence-electron chi connectivity index (χ2n) is 13.1. The van der Waals surface area contributed by atoms with E-state index in [2.05, 4.69) is 127 Å². The minimum atomic E-state index is 0.795. The van der Waals surface area contributed by atoms with Gasteiger partial charge in [-0.15, -0.1) is 22.7 Å². The predicted octanol–water partition coefficient (Wildman–Crippen LogP) is 14.7. The molecule has 0 bridgehead atoms. The molecule has 50 heavy (non-hydrogen) atoms. The van der Waals surface area contributed by atoms with Gasteiger partial charge in [0.05, 0.1) is 0 Å². The zero-order valence-electron chi connectivity index (χ0n) is 26.5. The Morgan fingerprint density at radius 3 is 1.66 bits per heavy atom. The van der Waals surface area contributed by atoms with Gasteiger partial charge in [-0.3, -0.25) is 0 Å². The number of hydrogen-bond acceptors (Lipinski definition) is 4. The number of fused-ring (bicyclic) bond motifs is 14. The highest BCUT2D eigenvalue weighted by atomic mass is 32.1. The van der Waals surface area contributed by atoms with Gasteiger partial charge in [-0.05, 0) is 69.1 Å². The van der Waals surface area contributed by atoms with E-state index in [1.807, 2.05) is 40.9 Å². The second kappa shape index (κ2) is 9.82. The molecular weight excluding hydrogens is 649 g/mol. The van der Waals surface area contributed by atoms with Gasteiger partial charge in [-0.25, -0.2) is 0 Å². The van der Waals surface area contributed by atoms with Gasteiger partial charge in [-0.1, -0.05) is 109 Å². The number of para-hydroxylation sites is 2. The molecular formula is C46H24O2S2. The van der Waals surface area contributed by atoms with E-state index < -0.39 is 0 Å². The number of furan rings is 2. The summed E-state index contributed by atoms with van der Waals surface area (Å²) in [6.07, 6.45) is 0. The van der Waals surface area contributed by atoms with E-state index in [0.717, 1.165) is 49.4 Å². The molecule has 0 fully saturated rings. The topological polar surface area (TPSA) is 26.3 Å². The van der Waals surface area contributed by atoms with Crippen molar-refractivity contribution >= 4 is 118 Å². The lowest BCUT2D eigenvalue weighted by atomic mass is 9.86. The summed E-state index contributed by atoms with van der Waals surface area (Å²) in [4.78, 5) is 1.29. The van der Waals surface area contributed by atoms with Gasteiger partial charge in [0.25, 0.3) is 0 Å². The Balaban J connectivity index is 1.23. The van der Waals surface area contributed by atoms with Crippen LogP contribution in [0.2, 0.25) is 0 Å². The fourth-order valence-corrected chi connectivity index (χ4v) is 10.8. The first-order chi connectivity index (χ1) is 24.8. The molecule has 0 aliphatic carbocycles. The normalized spacial score (nSPS) is 12.4. The van der Waals surface area contributed by atoms with Crippen LogP contribution in [0.5, 0.6) is 0 Å². The molecule has 0 N–H and O–H groups in total. The van der Waals surface area contributed by atoms with Gasteiger partial charge in [-0.2, -0.15) is 0 Å². The van der Waals surface area contributed by atoms with Crippen LogP contribution in [0.3, 0.4) is 0 Å². The van der Waals surface area contributed by atoms with Gasteiger partial charge in [0.2, 0.25) is 0 Å². The van der Waals surface area contributed by atoms with Crippen LogP contribution in [-0.4, -0.2) is 0 Å². The summed E-state index contributed by atoms with van der Waals surface area (Å²) < 4.78 is 17.2. The van der Waals surface area contributed by atoms with Crippen LogP contribution in [0.15, 0.2) is 154 Å². The molecule has 0 radical (unpaired) electrons. The SMILES string of the molecule is c1ccc2c(c1)oc1c2cc(-c2c3ccccc3c(-c3cc4c(ccc5c6ccccc6sc45)s3)c3ccccc23)c2c3ccccc3oc12. The van der Waals surface area contributed by atoms with Crippen molar-refractivity contribution < 1.29 is 8.83 Å². The standard InChI is InChI=1S/C46H24O2S2/c1-3-15-29-27(13-1)41(35-23-33-25-11-5-8-18-36(25)47-44(33)45-43(35)32-17-6-9-19-37(32)48-45)28-14-2-4-16-30(28)42(29)40-24-34-39(49-40)22-21-31-26-12-7-10-20-38(26)50-46(31)34/h1-24H. The van der Waals surface area contributed by atoms with Crippen molar-refractivity contribution in [3.63, 3.8) is 0 Å². The van der Waals surface area contributed by atoms with E-state index in [0.29, 0.717) is 0 Å². The largest absolute Gasteiger partial charge is 0.452 e. The lowest BCUT2D eigenvalue weighted by Gasteiger charge is -2.17. The van der Waals surface area contributed by atoms with Gasteiger partial charge in [0.15, 0.2) is 11.2 Å². The third-order valence-electron chi connectivity index (χ3n) is 10.5. The molecule has 0 atom stereocenters. The highest BCUT2D eigenvalue weighted by Crippen LogP contribution is 2.51. The predicted molar refractivity (Wildman–Crippen MR) is 215 cm³/mol. The average molecular weight is 673 g/mol. The van der Waals surface area contributed by atoms with Gasteiger partial charge >= 0.3 is 0 Å². The third kappa shape index (κ3) is 3.51. The van der Waals surface area contributed by atoms with Crippen LogP contribution >= 0.6 is 22.7 Å². The van der Waals surface area contributed by atoms with Gasteiger partial charge in [0.1, 0.15) is 11.2 Å². The maximum absolute atomic E-state index is 6.67. The van der Waals surface area contributed by atoms with Crippen molar-refractivity contribution in [1.29, 1.82) is 0 Å². The van der Waals surface area contributed by atoms with Crippen LogP contribution in [-0.2, 0) is 0 Å². The smallest absolute Gasteiger partial charge is 0.179 e. The Bertz CT molecular complexity index is 3330. The monoisotopic (exact) mass is 672 g/mol. The highest BCUT2D eigenvalue weighted by molar-refractivity contribution is 7.28. The zero-order valence-corrected chi connectivity index (χ0v) is 28.1. The maximum Gasteiger partial charge on any atom is 0.179 e. The lowest BCUT2D eigenvalue weighted by molar-refractivity contribution is 0.633. The summed E-state index contributed by atoms with van der Waals surface area (Å²) in [5.41, 5.74) is 6.98. The first-order valence-electron chi connectivity index (χ1n) is 16.8. The molecule has 8 aromatic carbocycles. The molecule has 4 heterocycles. The van der Waals surface area contributed by atoms with E-state index in [-0.39, 0.29) is 0 Å². The molecule has 0 aliphatic heterocycles. The summed E-state index contributed by atoms with van der Waals surface area (Å²) >= 11 is 3.80. The quantitative estimate of drug-likeness (QED) is 0.171. The molecule has 4 heteroatoms. The molecule has 12 rings (SSSR count).